The van der Waals surface area contributed by atoms with Gasteiger partial charge in [-0.2, -0.15) is 10.5 Å². The van der Waals surface area contributed by atoms with E-state index in [-0.39, 0.29) is 11.6 Å². The van der Waals surface area contributed by atoms with Gasteiger partial charge < -0.3 is 0 Å². The monoisotopic (exact) mass is 539 g/mol. The van der Waals surface area contributed by atoms with Crippen LogP contribution in [0.25, 0.3) is 45.0 Å². The first-order chi connectivity index (χ1) is 20.6. The van der Waals surface area contributed by atoms with Crippen molar-refractivity contribution in [1.29, 1.82) is 10.5 Å². The molecule has 1 heterocycles. The van der Waals surface area contributed by atoms with Crippen LogP contribution >= 0.6 is 0 Å². The van der Waals surface area contributed by atoms with Crippen molar-refractivity contribution in [3.05, 3.63) is 150 Å². The number of hydrogen-bond donors (Lipinski definition) is 0. The molecule has 1 aromatic heterocycles. The molecule has 6 aromatic rings. The van der Waals surface area contributed by atoms with Gasteiger partial charge in [0.2, 0.25) is 11.6 Å². The first kappa shape index (κ1) is 26.0. The van der Waals surface area contributed by atoms with E-state index in [9.17, 15) is 15.3 Å². The van der Waals surface area contributed by atoms with E-state index in [1.165, 1.54) is 0 Å². The lowest BCUT2D eigenvalue weighted by molar-refractivity contribution is 0.102. The molecular formula is C36H21N5O. The lowest BCUT2D eigenvalue weighted by Crippen LogP contribution is -2.11. The zero-order valence-electron chi connectivity index (χ0n) is 22.3. The molecule has 0 aliphatic carbocycles. The average Bonchev–Trinajstić information content (AvgIpc) is 3.08. The SMILES string of the molecule is N#Cc1ccc(-c2cc(C(=O)c3nc(-c4ccccc4)nc(-c4ccccc4)n3)cc(-c3ccc(C#N)cc3)c2)cc1. The Morgan fingerprint density at radius 1 is 0.476 bits per heavy atom. The highest BCUT2D eigenvalue weighted by molar-refractivity contribution is 6.08. The van der Waals surface area contributed by atoms with Gasteiger partial charge in [-0.25, -0.2) is 15.0 Å². The smallest absolute Gasteiger partial charge is 0.230 e. The maximum absolute atomic E-state index is 14.1. The Labute approximate surface area is 242 Å². The molecule has 0 spiro atoms. The second-order valence-electron chi connectivity index (χ2n) is 9.54. The number of ketones is 1. The molecule has 0 saturated carbocycles. The summed E-state index contributed by atoms with van der Waals surface area (Å²) in [6, 6.07) is 43.3. The molecule has 0 radical (unpaired) electrons. The quantitative estimate of drug-likeness (QED) is 0.203. The summed E-state index contributed by atoms with van der Waals surface area (Å²) in [6.45, 7) is 0. The van der Waals surface area contributed by atoms with Gasteiger partial charge in [0.15, 0.2) is 11.6 Å². The number of nitrogens with zero attached hydrogens (tertiary/aromatic N) is 5. The highest BCUT2D eigenvalue weighted by Gasteiger charge is 2.19. The largest absolute Gasteiger partial charge is 0.285 e. The Kier molecular flexibility index (Phi) is 7.10. The van der Waals surface area contributed by atoms with Gasteiger partial charge in [-0.1, -0.05) is 84.9 Å². The van der Waals surface area contributed by atoms with Crippen molar-refractivity contribution >= 4 is 5.78 Å². The molecular weight excluding hydrogens is 518 g/mol. The Bertz CT molecular complexity index is 1860. The van der Waals surface area contributed by atoms with Gasteiger partial charge in [0.05, 0.1) is 23.3 Å². The average molecular weight is 540 g/mol. The third kappa shape index (κ3) is 5.42. The lowest BCUT2D eigenvalue weighted by atomic mass is 9.94. The molecule has 42 heavy (non-hydrogen) atoms. The molecule has 196 valence electrons. The topological polar surface area (TPSA) is 103 Å². The summed E-state index contributed by atoms with van der Waals surface area (Å²) in [7, 11) is 0. The van der Waals surface area contributed by atoms with Crippen molar-refractivity contribution in [3.63, 3.8) is 0 Å². The molecule has 6 heteroatoms. The number of hydrogen-bond acceptors (Lipinski definition) is 6. The van der Waals surface area contributed by atoms with Crippen molar-refractivity contribution in [2.45, 2.75) is 0 Å². The molecule has 6 nitrogen and oxygen atoms in total. The fraction of sp³-hybridized carbons (Fsp3) is 0. The minimum absolute atomic E-state index is 0.0328. The van der Waals surface area contributed by atoms with E-state index in [1.54, 1.807) is 24.3 Å². The van der Waals surface area contributed by atoms with Crippen LogP contribution in [0.4, 0.5) is 0 Å². The van der Waals surface area contributed by atoms with E-state index in [0.717, 1.165) is 33.4 Å². The van der Waals surface area contributed by atoms with Crippen molar-refractivity contribution < 1.29 is 4.79 Å². The number of carbonyl (C=O) groups excluding carboxylic acids is 1. The van der Waals surface area contributed by atoms with Crippen LogP contribution in [-0.2, 0) is 0 Å². The van der Waals surface area contributed by atoms with Crippen LogP contribution in [0.2, 0.25) is 0 Å². The molecule has 0 amide bonds. The number of nitriles is 2. The predicted molar refractivity (Wildman–Crippen MR) is 161 cm³/mol. The summed E-state index contributed by atoms with van der Waals surface area (Å²) in [5.41, 5.74) is 6.34. The van der Waals surface area contributed by atoms with Crippen molar-refractivity contribution in [2.24, 2.45) is 0 Å². The summed E-state index contributed by atoms with van der Waals surface area (Å²) in [5.74, 6) is 0.495. The summed E-state index contributed by atoms with van der Waals surface area (Å²) >= 11 is 0. The van der Waals surface area contributed by atoms with E-state index < -0.39 is 0 Å². The molecule has 0 N–H and O–H groups in total. The molecule has 5 aromatic carbocycles. The Morgan fingerprint density at radius 3 is 1.31 bits per heavy atom. The predicted octanol–water partition coefficient (Wildman–Crippen LogP) is 7.51. The van der Waals surface area contributed by atoms with Gasteiger partial charge >= 0.3 is 0 Å². The van der Waals surface area contributed by atoms with Crippen LogP contribution in [0.1, 0.15) is 27.3 Å². The van der Waals surface area contributed by atoms with Gasteiger partial charge in [0, 0.05) is 16.7 Å². The first-order valence-corrected chi connectivity index (χ1v) is 13.2. The van der Waals surface area contributed by atoms with Crippen LogP contribution in [0.5, 0.6) is 0 Å². The summed E-state index contributed by atoms with van der Waals surface area (Å²) in [6.07, 6.45) is 0. The lowest BCUT2D eigenvalue weighted by Gasteiger charge is -2.11. The van der Waals surface area contributed by atoms with Crippen LogP contribution in [0.15, 0.2) is 127 Å². The summed E-state index contributed by atoms with van der Waals surface area (Å²) in [4.78, 5) is 28.1. The van der Waals surface area contributed by atoms with E-state index in [4.69, 9.17) is 0 Å². The van der Waals surface area contributed by atoms with Crippen molar-refractivity contribution in [3.8, 4) is 57.2 Å². The van der Waals surface area contributed by atoms with Gasteiger partial charge in [-0.15, -0.1) is 0 Å². The number of carbonyl (C=O) groups is 1. The third-order valence-corrected chi connectivity index (χ3v) is 6.79. The van der Waals surface area contributed by atoms with Crippen molar-refractivity contribution in [1.82, 2.24) is 15.0 Å². The Hall–Kier alpha value is -6.24. The Balaban J connectivity index is 1.51. The van der Waals surface area contributed by atoms with E-state index >= 15 is 0 Å². The minimum Gasteiger partial charge on any atom is -0.285 e. The second-order valence-corrected chi connectivity index (χ2v) is 9.54. The zero-order chi connectivity index (χ0) is 28.9. The molecule has 6 rings (SSSR count). The molecule has 0 saturated heterocycles. The van der Waals surface area contributed by atoms with Crippen molar-refractivity contribution in [2.75, 3.05) is 0 Å². The fourth-order valence-corrected chi connectivity index (χ4v) is 4.61. The highest BCUT2D eigenvalue weighted by Crippen LogP contribution is 2.30. The van der Waals surface area contributed by atoms with Gasteiger partial charge in [-0.3, -0.25) is 4.79 Å². The third-order valence-electron chi connectivity index (χ3n) is 6.79. The maximum atomic E-state index is 14.1. The number of rotatable bonds is 6. The summed E-state index contributed by atoms with van der Waals surface area (Å²) in [5, 5.41) is 18.5. The van der Waals surface area contributed by atoms with E-state index in [0.29, 0.717) is 28.3 Å². The maximum Gasteiger partial charge on any atom is 0.230 e. The molecule has 0 aliphatic rings. The normalized spacial score (nSPS) is 10.4. The minimum atomic E-state index is -0.350. The molecule has 0 atom stereocenters. The van der Waals surface area contributed by atoms with E-state index in [1.807, 2.05) is 103 Å². The molecule has 0 unspecified atom stereocenters. The van der Waals surface area contributed by atoms with Crippen LogP contribution in [-0.4, -0.2) is 20.7 Å². The Morgan fingerprint density at radius 2 is 0.905 bits per heavy atom. The standard InChI is InChI=1S/C36H21N5O/c37-22-24-11-15-26(16-12-24)30-19-31(27-17-13-25(23-38)14-18-27)21-32(20-30)33(42)36-40-34(28-7-3-1-4-8-28)39-35(41-36)29-9-5-2-6-10-29/h1-21H. The van der Waals surface area contributed by atoms with Crippen LogP contribution in [0.3, 0.4) is 0 Å². The summed E-state index contributed by atoms with van der Waals surface area (Å²) < 4.78 is 0. The van der Waals surface area contributed by atoms with Crippen LogP contribution < -0.4 is 0 Å². The second kappa shape index (κ2) is 11.5. The number of benzene rings is 5. The van der Waals surface area contributed by atoms with Gasteiger partial charge in [0.1, 0.15) is 0 Å². The first-order valence-electron chi connectivity index (χ1n) is 13.2. The highest BCUT2D eigenvalue weighted by atomic mass is 16.1. The van der Waals surface area contributed by atoms with Gasteiger partial charge in [0.25, 0.3) is 0 Å². The fourth-order valence-electron chi connectivity index (χ4n) is 4.61. The van der Waals surface area contributed by atoms with E-state index in [2.05, 4.69) is 27.1 Å². The molecule has 0 fully saturated rings. The van der Waals surface area contributed by atoms with Crippen LogP contribution in [0, 0.1) is 22.7 Å². The number of aromatic nitrogens is 3. The molecule has 0 bridgehead atoms. The van der Waals surface area contributed by atoms with Gasteiger partial charge in [-0.05, 0) is 64.7 Å². The zero-order valence-corrected chi connectivity index (χ0v) is 22.3. The molecule has 0 aliphatic heterocycles.